The number of nitrogens with one attached hydrogen (secondary N) is 1. The highest BCUT2D eigenvalue weighted by atomic mass is 35.5. The summed E-state index contributed by atoms with van der Waals surface area (Å²) >= 11 is 6.04. The van der Waals surface area contributed by atoms with Gasteiger partial charge in [0, 0.05) is 55.6 Å². The van der Waals surface area contributed by atoms with Crippen molar-refractivity contribution in [2.24, 2.45) is 5.41 Å². The lowest BCUT2D eigenvalue weighted by Gasteiger charge is -2.39. The van der Waals surface area contributed by atoms with E-state index in [1.165, 1.54) is 0 Å². The first-order valence-electron chi connectivity index (χ1n) is 8.54. The van der Waals surface area contributed by atoms with Gasteiger partial charge in [-0.3, -0.25) is 9.59 Å². The number of likely N-dealkylation sites (tertiary alicyclic amines) is 2. The van der Waals surface area contributed by atoms with Crippen LogP contribution in [0.3, 0.4) is 0 Å². The molecule has 3 aliphatic heterocycles. The molecule has 1 spiro atoms. The molecule has 0 aromatic heterocycles. The smallest absolute Gasteiger partial charge is 0.245 e. The molecule has 5 nitrogen and oxygen atoms in total. The van der Waals surface area contributed by atoms with E-state index in [0.29, 0.717) is 17.9 Å². The fourth-order valence-corrected chi connectivity index (χ4v) is 4.53. The average molecular weight is 348 g/mol. The lowest BCUT2D eigenvalue weighted by Crippen LogP contribution is -2.49. The van der Waals surface area contributed by atoms with E-state index < -0.39 is 0 Å². The van der Waals surface area contributed by atoms with Crippen LogP contribution in [0.25, 0.3) is 0 Å². The van der Waals surface area contributed by atoms with Crippen molar-refractivity contribution in [1.29, 1.82) is 0 Å². The molecule has 6 heteroatoms. The van der Waals surface area contributed by atoms with Crippen molar-refractivity contribution in [3.8, 4) is 0 Å². The quantitative estimate of drug-likeness (QED) is 0.847. The number of carbonyl (C=O) groups is 2. The van der Waals surface area contributed by atoms with Crippen molar-refractivity contribution in [2.75, 3.05) is 32.0 Å². The lowest BCUT2D eigenvalue weighted by atomic mass is 9.77. The molecule has 1 atom stereocenters. The molecule has 2 saturated heterocycles. The van der Waals surface area contributed by atoms with Crippen LogP contribution in [0.1, 0.15) is 24.8 Å². The van der Waals surface area contributed by atoms with Gasteiger partial charge >= 0.3 is 0 Å². The van der Waals surface area contributed by atoms with Gasteiger partial charge in [-0.15, -0.1) is 0 Å². The van der Waals surface area contributed by atoms with E-state index in [1.54, 1.807) is 0 Å². The largest absolute Gasteiger partial charge is 0.373 e. The second-order valence-corrected chi connectivity index (χ2v) is 7.89. The molecular formula is C18H22ClN3O2. The number of fused-ring (bicyclic) bond motifs is 1. The number of carbonyl (C=O) groups excluding carboxylic acids is 2. The van der Waals surface area contributed by atoms with E-state index >= 15 is 0 Å². The topological polar surface area (TPSA) is 52.6 Å². The van der Waals surface area contributed by atoms with Crippen LogP contribution in [0.15, 0.2) is 18.2 Å². The number of hydrogen-bond acceptors (Lipinski definition) is 3. The van der Waals surface area contributed by atoms with Crippen LogP contribution in [-0.4, -0.2) is 54.3 Å². The minimum absolute atomic E-state index is 0.0855. The summed E-state index contributed by atoms with van der Waals surface area (Å²) in [6.45, 7) is 2.32. The Morgan fingerprint density at radius 3 is 2.75 bits per heavy atom. The van der Waals surface area contributed by atoms with Gasteiger partial charge in [0.2, 0.25) is 11.8 Å². The lowest BCUT2D eigenvalue weighted by molar-refractivity contribution is -0.134. The number of benzene rings is 1. The zero-order valence-electron chi connectivity index (χ0n) is 13.8. The summed E-state index contributed by atoms with van der Waals surface area (Å²) in [7, 11) is 1.87. The molecule has 0 radical (unpaired) electrons. The third kappa shape index (κ3) is 2.65. The standard InChI is InChI=1S/C18H22ClN3O2/c1-21-11-18(10-16(21)23)4-6-22(7-5-18)17(24)15-9-12-8-13(19)2-3-14(12)20-15/h2-3,8,15,20H,4-7,9-11H2,1H3/t15-/m1/s1. The van der Waals surface area contributed by atoms with Gasteiger partial charge in [-0.2, -0.15) is 0 Å². The van der Waals surface area contributed by atoms with Crippen molar-refractivity contribution in [2.45, 2.75) is 31.7 Å². The maximum Gasteiger partial charge on any atom is 0.245 e. The van der Waals surface area contributed by atoms with Crippen LogP contribution in [0, 0.1) is 5.41 Å². The maximum absolute atomic E-state index is 12.8. The van der Waals surface area contributed by atoms with Crippen molar-refractivity contribution >= 4 is 29.1 Å². The molecule has 0 saturated carbocycles. The van der Waals surface area contributed by atoms with E-state index in [0.717, 1.165) is 43.7 Å². The second kappa shape index (κ2) is 5.66. The van der Waals surface area contributed by atoms with Crippen LogP contribution in [-0.2, 0) is 16.0 Å². The van der Waals surface area contributed by atoms with Crippen molar-refractivity contribution in [3.63, 3.8) is 0 Å². The van der Waals surface area contributed by atoms with Gasteiger partial charge in [-0.25, -0.2) is 0 Å². The Morgan fingerprint density at radius 2 is 2.08 bits per heavy atom. The molecule has 1 aromatic carbocycles. The Bertz CT molecular complexity index is 698. The van der Waals surface area contributed by atoms with Crippen LogP contribution < -0.4 is 5.32 Å². The Morgan fingerprint density at radius 1 is 1.33 bits per heavy atom. The predicted molar refractivity (Wildman–Crippen MR) is 93.1 cm³/mol. The molecule has 1 aromatic rings. The normalized spacial score (nSPS) is 25.1. The Labute approximate surface area is 146 Å². The highest BCUT2D eigenvalue weighted by molar-refractivity contribution is 6.30. The highest BCUT2D eigenvalue weighted by Gasteiger charge is 2.45. The summed E-state index contributed by atoms with van der Waals surface area (Å²) in [6, 6.07) is 5.53. The van der Waals surface area contributed by atoms with Crippen LogP contribution in [0.5, 0.6) is 0 Å². The second-order valence-electron chi connectivity index (χ2n) is 7.45. The summed E-state index contributed by atoms with van der Waals surface area (Å²) < 4.78 is 0. The first-order chi connectivity index (χ1) is 11.5. The molecule has 128 valence electrons. The van der Waals surface area contributed by atoms with Crippen LogP contribution in [0.4, 0.5) is 5.69 Å². The number of anilines is 1. The monoisotopic (exact) mass is 347 g/mol. The summed E-state index contributed by atoms with van der Waals surface area (Å²) in [4.78, 5) is 28.5. The molecule has 0 unspecified atom stereocenters. The van der Waals surface area contributed by atoms with Crippen LogP contribution >= 0.6 is 11.6 Å². The van der Waals surface area contributed by atoms with Crippen molar-refractivity contribution < 1.29 is 9.59 Å². The Hall–Kier alpha value is -1.75. The Balaban J connectivity index is 1.38. The third-order valence-corrected chi connectivity index (χ3v) is 6.01. The molecular weight excluding hydrogens is 326 g/mol. The van der Waals surface area contributed by atoms with E-state index in [1.807, 2.05) is 35.0 Å². The molecule has 4 rings (SSSR count). The number of nitrogens with zero attached hydrogens (tertiary/aromatic N) is 2. The minimum Gasteiger partial charge on any atom is -0.373 e. The van der Waals surface area contributed by atoms with E-state index in [2.05, 4.69) is 5.32 Å². The summed E-state index contributed by atoms with van der Waals surface area (Å²) in [6.07, 6.45) is 3.16. The highest BCUT2D eigenvalue weighted by Crippen LogP contribution is 2.40. The number of amides is 2. The van der Waals surface area contributed by atoms with Gasteiger partial charge in [0.25, 0.3) is 0 Å². The predicted octanol–water partition coefficient (Wildman–Crippen LogP) is 2.15. The maximum atomic E-state index is 12.8. The molecule has 2 fully saturated rings. The summed E-state index contributed by atoms with van der Waals surface area (Å²) in [5.74, 6) is 0.398. The molecule has 3 heterocycles. The number of rotatable bonds is 1. The van der Waals surface area contributed by atoms with Crippen LogP contribution in [0.2, 0.25) is 5.02 Å². The molecule has 2 amide bonds. The van der Waals surface area contributed by atoms with Gasteiger partial charge in [-0.05, 0) is 36.6 Å². The van der Waals surface area contributed by atoms with E-state index in [4.69, 9.17) is 11.6 Å². The first-order valence-corrected chi connectivity index (χ1v) is 8.91. The fourth-order valence-electron chi connectivity index (χ4n) is 4.34. The van der Waals surface area contributed by atoms with Gasteiger partial charge in [0.1, 0.15) is 6.04 Å². The van der Waals surface area contributed by atoms with Crippen molar-refractivity contribution in [3.05, 3.63) is 28.8 Å². The third-order valence-electron chi connectivity index (χ3n) is 5.78. The molecule has 0 bridgehead atoms. The Kier molecular flexibility index (Phi) is 3.71. The van der Waals surface area contributed by atoms with Gasteiger partial charge < -0.3 is 15.1 Å². The van der Waals surface area contributed by atoms with E-state index in [-0.39, 0.29) is 23.3 Å². The summed E-state index contributed by atoms with van der Waals surface area (Å²) in [5.41, 5.74) is 2.20. The zero-order valence-corrected chi connectivity index (χ0v) is 14.6. The number of hydrogen-bond donors (Lipinski definition) is 1. The summed E-state index contributed by atoms with van der Waals surface area (Å²) in [5, 5.41) is 4.03. The fraction of sp³-hybridized carbons (Fsp3) is 0.556. The molecule has 24 heavy (non-hydrogen) atoms. The van der Waals surface area contributed by atoms with Gasteiger partial charge in [-0.1, -0.05) is 11.6 Å². The average Bonchev–Trinajstić information content (AvgIpc) is 3.08. The minimum atomic E-state index is -0.194. The number of piperidine rings is 1. The molecule has 3 aliphatic rings. The van der Waals surface area contributed by atoms with Gasteiger partial charge in [0.15, 0.2) is 0 Å². The number of halogens is 1. The van der Waals surface area contributed by atoms with Crippen molar-refractivity contribution in [1.82, 2.24) is 9.80 Å². The molecule has 0 aliphatic carbocycles. The SMILES string of the molecule is CN1CC2(CCN(C(=O)[C@H]3Cc4cc(Cl)ccc4N3)CC2)CC1=O. The van der Waals surface area contributed by atoms with E-state index in [9.17, 15) is 9.59 Å². The zero-order chi connectivity index (χ0) is 16.9. The first kappa shape index (κ1) is 15.8. The van der Waals surface area contributed by atoms with Gasteiger partial charge in [0.05, 0.1) is 0 Å². The molecule has 1 N–H and O–H groups in total.